The molecule has 1 aliphatic heterocycles. The van der Waals surface area contributed by atoms with Gasteiger partial charge in [0, 0.05) is 19.6 Å². The van der Waals surface area contributed by atoms with E-state index in [4.69, 9.17) is 0 Å². The number of likely N-dealkylation sites (tertiary alicyclic amines) is 1. The number of nitrogens with one attached hydrogen (secondary N) is 1. The van der Waals surface area contributed by atoms with Gasteiger partial charge >= 0.3 is 0 Å². The highest BCUT2D eigenvalue weighted by Crippen LogP contribution is 2.20. The van der Waals surface area contributed by atoms with E-state index < -0.39 is 5.82 Å². The Morgan fingerprint density at radius 1 is 1.32 bits per heavy atom. The summed E-state index contributed by atoms with van der Waals surface area (Å²) in [5, 5.41) is 6.74. The van der Waals surface area contributed by atoms with Gasteiger partial charge in [0.2, 0.25) is 0 Å². The Bertz CT molecular complexity index is 772. The fraction of sp³-hybridized carbons (Fsp3) is 0.412. The Morgan fingerprint density at radius 2 is 2.04 bits per heavy atom. The quantitative estimate of drug-likeness (QED) is 0.905. The van der Waals surface area contributed by atoms with Gasteiger partial charge < -0.3 is 10.2 Å². The number of piperidine rings is 1. The Balaban J connectivity index is 1.49. The van der Waals surface area contributed by atoms with E-state index in [-0.39, 0.29) is 17.4 Å². The Morgan fingerprint density at radius 3 is 2.68 bits per heavy atom. The number of carbonyl (C=O) groups is 2. The number of halogens is 1. The van der Waals surface area contributed by atoms with Crippen LogP contribution in [-0.4, -0.2) is 45.9 Å². The fourth-order valence-electron chi connectivity index (χ4n) is 2.90. The van der Waals surface area contributed by atoms with Crippen LogP contribution in [0.5, 0.6) is 0 Å². The van der Waals surface area contributed by atoms with Crippen molar-refractivity contribution < 1.29 is 14.0 Å². The van der Waals surface area contributed by atoms with E-state index in [0.29, 0.717) is 36.1 Å². The zero-order valence-electron chi connectivity index (χ0n) is 13.9. The smallest absolute Gasteiger partial charge is 0.264 e. The molecule has 3 rings (SSSR count). The summed E-state index contributed by atoms with van der Waals surface area (Å²) in [4.78, 5) is 26.7. The van der Waals surface area contributed by atoms with Crippen LogP contribution in [0.2, 0.25) is 0 Å². The van der Waals surface area contributed by atoms with Gasteiger partial charge in [0.1, 0.15) is 10.7 Å². The highest BCUT2D eigenvalue weighted by molar-refractivity contribution is 7.07. The molecule has 0 bridgehead atoms. The van der Waals surface area contributed by atoms with Crippen molar-refractivity contribution in [3.63, 3.8) is 0 Å². The van der Waals surface area contributed by atoms with E-state index in [1.54, 1.807) is 24.0 Å². The molecule has 0 atom stereocenters. The maximum Gasteiger partial charge on any atom is 0.264 e. The van der Waals surface area contributed by atoms with E-state index in [9.17, 15) is 14.0 Å². The van der Waals surface area contributed by atoms with Gasteiger partial charge in [0.25, 0.3) is 11.8 Å². The van der Waals surface area contributed by atoms with Gasteiger partial charge in [-0.1, -0.05) is 16.6 Å². The first kappa shape index (κ1) is 17.5. The normalized spacial score (nSPS) is 15.2. The summed E-state index contributed by atoms with van der Waals surface area (Å²) in [6.45, 7) is 3.44. The number of nitrogens with zero attached hydrogens (tertiary/aromatic N) is 3. The molecule has 1 N–H and O–H groups in total. The SMILES string of the molecule is Cc1nnsc1C(=O)NCC1CCN(C(=O)c2ccccc2F)CC1. The average Bonchev–Trinajstić information content (AvgIpc) is 3.06. The predicted molar refractivity (Wildman–Crippen MR) is 92.0 cm³/mol. The van der Waals surface area contributed by atoms with E-state index >= 15 is 0 Å². The molecule has 6 nitrogen and oxygen atoms in total. The van der Waals surface area contributed by atoms with Gasteiger partial charge in [0.15, 0.2) is 0 Å². The van der Waals surface area contributed by atoms with Crippen molar-refractivity contribution >= 4 is 23.3 Å². The second kappa shape index (κ2) is 7.69. The minimum Gasteiger partial charge on any atom is -0.351 e. The van der Waals surface area contributed by atoms with Crippen molar-refractivity contribution in [2.24, 2.45) is 5.92 Å². The first-order chi connectivity index (χ1) is 12.1. The second-order valence-corrected chi connectivity index (χ2v) is 6.87. The molecule has 0 radical (unpaired) electrons. The van der Waals surface area contributed by atoms with Gasteiger partial charge in [-0.15, -0.1) is 5.10 Å². The molecular weight excluding hydrogens is 343 g/mol. The van der Waals surface area contributed by atoms with E-state index in [0.717, 1.165) is 24.4 Å². The van der Waals surface area contributed by atoms with Crippen LogP contribution in [0.3, 0.4) is 0 Å². The lowest BCUT2D eigenvalue weighted by atomic mass is 9.96. The lowest BCUT2D eigenvalue weighted by Gasteiger charge is -2.32. The van der Waals surface area contributed by atoms with Crippen LogP contribution >= 0.6 is 11.5 Å². The molecule has 0 aliphatic carbocycles. The number of amides is 2. The number of aryl methyl sites for hydroxylation is 1. The Kier molecular flexibility index (Phi) is 5.37. The highest BCUT2D eigenvalue weighted by Gasteiger charge is 2.25. The van der Waals surface area contributed by atoms with Crippen LogP contribution in [0.1, 0.15) is 38.6 Å². The maximum absolute atomic E-state index is 13.7. The van der Waals surface area contributed by atoms with Gasteiger partial charge in [-0.3, -0.25) is 9.59 Å². The first-order valence-corrected chi connectivity index (χ1v) is 8.94. The molecule has 1 aliphatic rings. The lowest BCUT2D eigenvalue weighted by Crippen LogP contribution is -2.41. The molecule has 0 saturated carbocycles. The summed E-state index contributed by atoms with van der Waals surface area (Å²) in [5.41, 5.74) is 0.746. The molecule has 1 saturated heterocycles. The lowest BCUT2D eigenvalue weighted by molar-refractivity contribution is 0.0679. The third-order valence-corrected chi connectivity index (χ3v) is 5.24. The van der Waals surface area contributed by atoms with Gasteiger partial charge in [-0.25, -0.2) is 4.39 Å². The van der Waals surface area contributed by atoms with Crippen LogP contribution in [0, 0.1) is 18.7 Å². The molecule has 0 spiro atoms. The second-order valence-electron chi connectivity index (χ2n) is 6.11. The van der Waals surface area contributed by atoms with Crippen LogP contribution in [0.4, 0.5) is 4.39 Å². The number of hydrogen-bond acceptors (Lipinski definition) is 5. The largest absolute Gasteiger partial charge is 0.351 e. The number of hydrogen-bond donors (Lipinski definition) is 1. The van der Waals surface area contributed by atoms with Crippen molar-refractivity contribution in [1.29, 1.82) is 0 Å². The summed E-state index contributed by atoms with van der Waals surface area (Å²) in [6.07, 6.45) is 1.56. The molecule has 2 heterocycles. The Hall–Kier alpha value is -2.35. The van der Waals surface area contributed by atoms with Gasteiger partial charge in [0.05, 0.1) is 11.3 Å². The van der Waals surface area contributed by atoms with Crippen LogP contribution in [0.15, 0.2) is 24.3 Å². The molecule has 132 valence electrons. The summed E-state index contributed by atoms with van der Waals surface area (Å²) in [5.74, 6) is -0.616. The maximum atomic E-state index is 13.7. The van der Waals surface area contributed by atoms with E-state index in [2.05, 4.69) is 14.9 Å². The molecule has 2 amide bonds. The fourth-order valence-corrected chi connectivity index (χ4v) is 3.48. The molecule has 8 heteroatoms. The zero-order valence-corrected chi connectivity index (χ0v) is 14.7. The van der Waals surface area contributed by atoms with Crippen LogP contribution in [-0.2, 0) is 0 Å². The van der Waals surface area contributed by atoms with Crippen LogP contribution in [0.25, 0.3) is 0 Å². The number of aromatic nitrogens is 2. The number of rotatable bonds is 4. The molecule has 1 aromatic carbocycles. The molecular formula is C17H19FN4O2S. The third-order valence-electron chi connectivity index (χ3n) is 4.42. The predicted octanol–water partition coefficient (Wildman–Crippen LogP) is 2.27. The monoisotopic (exact) mass is 362 g/mol. The van der Waals surface area contributed by atoms with Gasteiger partial charge in [-0.05, 0) is 49.3 Å². The van der Waals surface area contributed by atoms with Gasteiger partial charge in [-0.2, -0.15) is 0 Å². The third kappa shape index (κ3) is 4.01. The van der Waals surface area contributed by atoms with E-state index in [1.807, 2.05) is 0 Å². The van der Waals surface area contributed by atoms with Crippen molar-refractivity contribution in [2.75, 3.05) is 19.6 Å². The molecule has 1 fully saturated rings. The summed E-state index contributed by atoms with van der Waals surface area (Å²) >= 11 is 1.09. The average molecular weight is 362 g/mol. The topological polar surface area (TPSA) is 75.2 Å². The number of benzene rings is 1. The first-order valence-electron chi connectivity index (χ1n) is 8.17. The molecule has 0 unspecified atom stereocenters. The van der Waals surface area contributed by atoms with Crippen LogP contribution < -0.4 is 5.32 Å². The van der Waals surface area contributed by atoms with Crippen molar-refractivity contribution in [2.45, 2.75) is 19.8 Å². The minimum absolute atomic E-state index is 0.113. The summed E-state index contributed by atoms with van der Waals surface area (Å²) < 4.78 is 17.5. The molecule has 25 heavy (non-hydrogen) atoms. The Labute approximate surface area is 149 Å². The van der Waals surface area contributed by atoms with Crippen molar-refractivity contribution in [1.82, 2.24) is 19.8 Å². The minimum atomic E-state index is -0.490. The van der Waals surface area contributed by atoms with Crippen molar-refractivity contribution in [3.8, 4) is 0 Å². The molecule has 1 aromatic heterocycles. The van der Waals surface area contributed by atoms with E-state index in [1.165, 1.54) is 12.1 Å². The highest BCUT2D eigenvalue weighted by atomic mass is 32.1. The zero-order chi connectivity index (χ0) is 17.8. The standard InChI is InChI=1S/C17H19FN4O2S/c1-11-15(25-21-20-11)16(23)19-10-12-6-8-22(9-7-12)17(24)13-4-2-3-5-14(13)18/h2-5,12H,6-10H2,1H3,(H,19,23). The summed E-state index contributed by atoms with van der Waals surface area (Å²) in [6, 6.07) is 6.04. The van der Waals surface area contributed by atoms with Crippen molar-refractivity contribution in [3.05, 3.63) is 46.2 Å². The number of carbonyl (C=O) groups excluding carboxylic acids is 2. The molecule has 2 aromatic rings. The summed E-state index contributed by atoms with van der Waals surface area (Å²) in [7, 11) is 0.